The third-order valence-corrected chi connectivity index (χ3v) is 4.79. The van der Waals surface area contributed by atoms with Crippen LogP contribution in [0.2, 0.25) is 5.15 Å². The highest BCUT2D eigenvalue weighted by molar-refractivity contribution is 6.29. The van der Waals surface area contributed by atoms with E-state index < -0.39 is 24.5 Å². The maximum absolute atomic E-state index is 13.4. The molecule has 0 aliphatic carbocycles. The topological polar surface area (TPSA) is 84.4 Å². The van der Waals surface area contributed by atoms with Crippen molar-refractivity contribution >= 4 is 23.4 Å². The van der Waals surface area contributed by atoms with E-state index in [2.05, 4.69) is 21.9 Å². The fourth-order valence-electron chi connectivity index (χ4n) is 3.11. The van der Waals surface area contributed by atoms with Gasteiger partial charge >= 0.3 is 0 Å². The van der Waals surface area contributed by atoms with E-state index in [0.29, 0.717) is 16.8 Å². The number of carbonyl (C=O) groups excluding carboxylic acids is 2. The van der Waals surface area contributed by atoms with Gasteiger partial charge in [-0.1, -0.05) is 18.2 Å². The first kappa shape index (κ1) is 21.8. The lowest BCUT2D eigenvalue weighted by Crippen LogP contribution is -2.48. The van der Waals surface area contributed by atoms with Gasteiger partial charge in [0.05, 0.1) is 18.8 Å². The van der Waals surface area contributed by atoms with Crippen molar-refractivity contribution in [3.63, 3.8) is 0 Å². The molecular weight excluding hydrogens is 418 g/mol. The molecule has 0 aromatic carbocycles. The van der Waals surface area contributed by atoms with E-state index in [1.807, 2.05) is 0 Å². The van der Waals surface area contributed by atoms with Crippen LogP contribution < -0.4 is 5.32 Å². The van der Waals surface area contributed by atoms with Crippen LogP contribution in [0.5, 0.6) is 0 Å². The summed E-state index contributed by atoms with van der Waals surface area (Å²) in [7, 11) is 1.49. The number of pyridine rings is 2. The van der Waals surface area contributed by atoms with Crippen molar-refractivity contribution in [2.45, 2.75) is 18.6 Å². The highest BCUT2D eigenvalue weighted by Crippen LogP contribution is 2.31. The monoisotopic (exact) mass is 436 g/mol. The van der Waals surface area contributed by atoms with Gasteiger partial charge in [-0.3, -0.25) is 14.6 Å². The average Bonchev–Trinajstić information content (AvgIpc) is 2.77. The minimum atomic E-state index is -2.76. The standard InChI is InChI=1S/C20H19ClF2N4O3/c1-3-18(28)27-9-15(30-16(10-27)19(22)23)12-7-13(26-17(21)8-12)11-4-5-25-14(6-11)20(29)24-2/h3-8,15-16,19H,1,9-10H2,2H3,(H,24,29)/t15-,16-/m1/s1. The molecule has 2 amide bonds. The molecule has 3 heterocycles. The first-order chi connectivity index (χ1) is 14.3. The van der Waals surface area contributed by atoms with Crippen LogP contribution in [0.1, 0.15) is 22.2 Å². The van der Waals surface area contributed by atoms with Gasteiger partial charge in [-0.15, -0.1) is 0 Å². The zero-order valence-electron chi connectivity index (χ0n) is 16.0. The van der Waals surface area contributed by atoms with Crippen LogP contribution in [-0.2, 0) is 9.53 Å². The highest BCUT2D eigenvalue weighted by Gasteiger charge is 2.35. The maximum atomic E-state index is 13.4. The highest BCUT2D eigenvalue weighted by atomic mass is 35.5. The van der Waals surface area contributed by atoms with Gasteiger partial charge < -0.3 is 15.0 Å². The normalized spacial score (nSPS) is 18.9. The molecule has 1 fully saturated rings. The van der Waals surface area contributed by atoms with Crippen molar-refractivity contribution in [3.8, 4) is 11.3 Å². The predicted octanol–water partition coefficient (Wildman–Crippen LogP) is 2.88. The van der Waals surface area contributed by atoms with Crippen LogP contribution in [0.15, 0.2) is 43.1 Å². The first-order valence-electron chi connectivity index (χ1n) is 9.03. The second-order valence-electron chi connectivity index (χ2n) is 6.56. The van der Waals surface area contributed by atoms with Gasteiger partial charge in [0.1, 0.15) is 23.1 Å². The average molecular weight is 437 g/mol. The molecule has 10 heteroatoms. The number of carbonyl (C=O) groups is 2. The summed E-state index contributed by atoms with van der Waals surface area (Å²) in [5.41, 5.74) is 1.64. The lowest BCUT2D eigenvalue weighted by Gasteiger charge is -2.37. The molecular formula is C20H19ClF2N4O3. The zero-order valence-corrected chi connectivity index (χ0v) is 16.8. The predicted molar refractivity (Wildman–Crippen MR) is 106 cm³/mol. The largest absolute Gasteiger partial charge is 0.361 e. The van der Waals surface area contributed by atoms with E-state index in [-0.39, 0.29) is 29.8 Å². The summed E-state index contributed by atoms with van der Waals surface area (Å²) >= 11 is 6.17. The van der Waals surface area contributed by atoms with Gasteiger partial charge in [0, 0.05) is 18.8 Å². The molecule has 30 heavy (non-hydrogen) atoms. The number of alkyl halides is 2. The van der Waals surface area contributed by atoms with Crippen molar-refractivity contribution in [3.05, 3.63) is 59.5 Å². The molecule has 158 valence electrons. The molecule has 0 unspecified atom stereocenters. The molecule has 1 saturated heterocycles. The third-order valence-electron chi connectivity index (χ3n) is 4.60. The summed E-state index contributed by atoms with van der Waals surface area (Å²) in [6.07, 6.45) is -2.51. The zero-order chi connectivity index (χ0) is 21.8. The van der Waals surface area contributed by atoms with E-state index in [1.54, 1.807) is 18.2 Å². The smallest absolute Gasteiger partial charge is 0.269 e. The van der Waals surface area contributed by atoms with Crippen molar-refractivity contribution in [1.82, 2.24) is 20.2 Å². The molecule has 1 aliphatic rings. The number of morpholine rings is 1. The molecule has 0 saturated carbocycles. The minimum absolute atomic E-state index is 0.0632. The van der Waals surface area contributed by atoms with Gasteiger partial charge in [0.2, 0.25) is 5.91 Å². The van der Waals surface area contributed by atoms with Crippen LogP contribution in [0.25, 0.3) is 11.3 Å². The number of hydrogen-bond acceptors (Lipinski definition) is 5. The molecule has 2 atom stereocenters. The van der Waals surface area contributed by atoms with Gasteiger partial charge in [-0.25, -0.2) is 13.8 Å². The summed E-state index contributed by atoms with van der Waals surface area (Å²) in [6, 6.07) is 6.32. The molecule has 0 bridgehead atoms. The van der Waals surface area contributed by atoms with Crippen LogP contribution in [0.4, 0.5) is 8.78 Å². The van der Waals surface area contributed by atoms with E-state index >= 15 is 0 Å². The first-order valence-corrected chi connectivity index (χ1v) is 9.41. The number of nitrogens with one attached hydrogen (secondary N) is 1. The Labute approximate surface area is 176 Å². The fraction of sp³-hybridized carbons (Fsp3) is 0.300. The van der Waals surface area contributed by atoms with E-state index in [0.717, 1.165) is 6.08 Å². The number of aromatic nitrogens is 2. The minimum Gasteiger partial charge on any atom is -0.361 e. The lowest BCUT2D eigenvalue weighted by molar-refractivity contribution is -0.159. The maximum Gasteiger partial charge on any atom is 0.269 e. The molecule has 2 aromatic heterocycles. The summed E-state index contributed by atoms with van der Waals surface area (Å²) in [4.78, 5) is 33.4. The Kier molecular flexibility index (Phi) is 6.73. The SMILES string of the molecule is C=CC(=O)N1C[C@H](c2cc(Cl)nc(-c3ccnc(C(=O)NC)c3)c2)O[C@@H](C(F)F)C1. The quantitative estimate of drug-likeness (QED) is 0.575. The Morgan fingerprint density at radius 2 is 2.13 bits per heavy atom. The molecule has 0 spiro atoms. The van der Waals surface area contributed by atoms with Gasteiger partial charge in [-0.05, 0) is 35.9 Å². The Bertz CT molecular complexity index is 973. The van der Waals surface area contributed by atoms with Crippen molar-refractivity contribution in [1.29, 1.82) is 0 Å². The fourth-order valence-corrected chi connectivity index (χ4v) is 3.33. The number of rotatable bonds is 5. The molecule has 1 N–H and O–H groups in total. The van der Waals surface area contributed by atoms with Crippen molar-refractivity contribution in [2.24, 2.45) is 0 Å². The lowest BCUT2D eigenvalue weighted by atomic mass is 10.0. The van der Waals surface area contributed by atoms with Gasteiger partial charge in [-0.2, -0.15) is 0 Å². The molecule has 1 aliphatic heterocycles. The van der Waals surface area contributed by atoms with E-state index in [4.69, 9.17) is 16.3 Å². The van der Waals surface area contributed by atoms with Crippen molar-refractivity contribution in [2.75, 3.05) is 20.1 Å². The summed E-state index contributed by atoms with van der Waals surface area (Å²) < 4.78 is 32.3. The molecule has 7 nitrogen and oxygen atoms in total. The van der Waals surface area contributed by atoms with Crippen molar-refractivity contribution < 1.29 is 23.1 Å². The van der Waals surface area contributed by atoms with E-state index in [1.165, 1.54) is 24.2 Å². The second-order valence-corrected chi connectivity index (χ2v) is 6.95. The molecule has 0 radical (unpaired) electrons. The second kappa shape index (κ2) is 9.27. The Morgan fingerprint density at radius 3 is 2.80 bits per heavy atom. The summed E-state index contributed by atoms with van der Waals surface area (Å²) in [6.45, 7) is 3.24. The Balaban J connectivity index is 1.97. The number of ether oxygens (including phenoxy) is 1. The van der Waals surface area contributed by atoms with Crippen LogP contribution >= 0.6 is 11.6 Å². The van der Waals surface area contributed by atoms with Crippen LogP contribution in [0, 0.1) is 0 Å². The summed E-state index contributed by atoms with van der Waals surface area (Å²) in [5, 5.41) is 2.60. The third kappa shape index (κ3) is 4.80. The Morgan fingerprint density at radius 1 is 1.37 bits per heavy atom. The van der Waals surface area contributed by atoms with Crippen LogP contribution in [-0.4, -0.2) is 59.3 Å². The molecule has 3 rings (SSSR count). The van der Waals surface area contributed by atoms with Gasteiger partial charge in [0.25, 0.3) is 12.3 Å². The number of halogens is 3. The number of amides is 2. The number of hydrogen-bond donors (Lipinski definition) is 1. The summed E-state index contributed by atoms with van der Waals surface area (Å²) in [5.74, 6) is -0.827. The van der Waals surface area contributed by atoms with Gasteiger partial charge in [0.15, 0.2) is 0 Å². The Hall–Kier alpha value is -2.91. The molecule has 2 aromatic rings. The van der Waals surface area contributed by atoms with E-state index in [9.17, 15) is 18.4 Å². The van der Waals surface area contributed by atoms with Crippen LogP contribution in [0.3, 0.4) is 0 Å². The number of nitrogens with zero attached hydrogens (tertiary/aromatic N) is 3.